The molecular weight excluding hydrogens is 544 g/mol. The zero-order valence-electron chi connectivity index (χ0n) is 25.1. The van der Waals surface area contributed by atoms with E-state index in [1.165, 1.54) is 71.3 Å². The molecule has 2 unspecified atom stereocenters. The second-order valence-electron chi connectivity index (χ2n) is 12.2. The molecule has 2 atom stereocenters. The second-order valence-corrected chi connectivity index (χ2v) is 12.2. The fourth-order valence-electron chi connectivity index (χ4n) is 7.47. The lowest BCUT2D eigenvalue weighted by atomic mass is 9.83. The van der Waals surface area contributed by atoms with E-state index in [9.17, 15) is 0 Å². The van der Waals surface area contributed by atoms with Crippen molar-refractivity contribution in [3.63, 3.8) is 0 Å². The zero-order valence-corrected chi connectivity index (χ0v) is 25.1. The maximum absolute atomic E-state index is 2.49. The van der Waals surface area contributed by atoms with Crippen molar-refractivity contribution >= 4 is 44.9 Å². The number of hydrogen-bond acceptors (Lipinski definition) is 0. The minimum absolute atomic E-state index is 0.302. The van der Waals surface area contributed by atoms with Gasteiger partial charge in [-0.2, -0.15) is 0 Å². The summed E-state index contributed by atoms with van der Waals surface area (Å²) in [6, 6.07) is 55.1. The molecule has 0 N–H and O–H groups in total. The van der Waals surface area contributed by atoms with Crippen LogP contribution in [0.15, 0.2) is 152 Å². The van der Waals surface area contributed by atoms with Crippen molar-refractivity contribution in [1.29, 1.82) is 0 Å². The predicted octanol–water partition coefficient (Wildman–Crippen LogP) is 9.39. The molecule has 0 amide bonds. The van der Waals surface area contributed by atoms with Gasteiger partial charge in [-0.05, 0) is 65.1 Å². The Morgan fingerprint density at radius 1 is 0.422 bits per heavy atom. The molecule has 9 rings (SSSR count). The molecule has 0 aliphatic heterocycles. The van der Waals surface area contributed by atoms with Gasteiger partial charge in [-0.25, -0.2) is 0 Å². The molecule has 8 aromatic rings. The van der Waals surface area contributed by atoms with Crippen LogP contribution in [0.1, 0.15) is 18.4 Å². The molecule has 0 radical (unpaired) electrons. The zero-order chi connectivity index (χ0) is 29.9. The molecule has 0 saturated carbocycles. The van der Waals surface area contributed by atoms with Gasteiger partial charge in [0.15, 0.2) is 0 Å². The van der Waals surface area contributed by atoms with Gasteiger partial charge in [0.05, 0.1) is 21.9 Å². The minimum atomic E-state index is 0.302. The minimum Gasteiger partial charge on any atom is -0.310 e. The van der Waals surface area contributed by atoms with Crippen LogP contribution >= 0.6 is 0 Å². The number of nitrogens with zero attached hydrogens (tertiary/aromatic N) is 2. The van der Waals surface area contributed by atoms with Gasteiger partial charge in [0.2, 0.25) is 0 Å². The van der Waals surface area contributed by atoms with Crippen molar-refractivity contribution in [3.05, 3.63) is 168 Å². The molecule has 2 nitrogen and oxygen atoms in total. The third-order valence-corrected chi connectivity index (χ3v) is 9.63. The number of benzene rings is 6. The van der Waals surface area contributed by atoms with Crippen molar-refractivity contribution in [1.82, 2.24) is 9.13 Å². The molecule has 0 spiro atoms. The van der Waals surface area contributed by atoms with E-state index in [1.807, 2.05) is 0 Å². The first-order valence-corrected chi connectivity index (χ1v) is 15.8. The van der Waals surface area contributed by atoms with Crippen LogP contribution < -0.4 is 10.6 Å². The molecule has 2 aromatic heterocycles. The Balaban J connectivity index is 1.08. The SMILES string of the molecule is CC1C=c2c(n(-c3ccccc3)c3ccccc23)=CC1c1ccc(-c2ccc(-n3c4ccccc4c4ccccc43)cc2)cc1. The molecule has 214 valence electrons. The van der Waals surface area contributed by atoms with Crippen LogP contribution in [-0.2, 0) is 0 Å². The topological polar surface area (TPSA) is 9.86 Å². The number of aromatic nitrogens is 2. The van der Waals surface area contributed by atoms with E-state index >= 15 is 0 Å². The van der Waals surface area contributed by atoms with Gasteiger partial charge in [0, 0.05) is 38.7 Å². The smallest absolute Gasteiger partial charge is 0.0541 e. The van der Waals surface area contributed by atoms with Crippen LogP contribution in [0, 0.1) is 5.92 Å². The van der Waals surface area contributed by atoms with E-state index in [1.54, 1.807) is 0 Å². The summed E-state index contributed by atoms with van der Waals surface area (Å²) in [5, 5.41) is 6.52. The number of fused-ring (bicyclic) bond motifs is 6. The average molecular weight is 577 g/mol. The second kappa shape index (κ2) is 10.2. The molecule has 1 aliphatic carbocycles. The Hall–Kier alpha value is -5.60. The number of para-hydroxylation sites is 4. The van der Waals surface area contributed by atoms with Crippen LogP contribution in [0.25, 0.3) is 67.4 Å². The quantitative estimate of drug-likeness (QED) is 0.198. The van der Waals surface area contributed by atoms with Gasteiger partial charge < -0.3 is 9.13 Å². The summed E-state index contributed by atoms with van der Waals surface area (Å²) in [5.74, 6) is 0.694. The highest BCUT2D eigenvalue weighted by molar-refractivity contribution is 6.09. The lowest BCUT2D eigenvalue weighted by molar-refractivity contribution is 0.690. The summed E-state index contributed by atoms with van der Waals surface area (Å²) >= 11 is 0. The number of rotatable bonds is 4. The van der Waals surface area contributed by atoms with Gasteiger partial charge in [0.1, 0.15) is 0 Å². The molecule has 2 heteroatoms. The lowest BCUT2D eigenvalue weighted by Gasteiger charge is -2.22. The Morgan fingerprint density at radius 2 is 0.911 bits per heavy atom. The first-order valence-electron chi connectivity index (χ1n) is 15.8. The predicted molar refractivity (Wildman–Crippen MR) is 190 cm³/mol. The van der Waals surface area contributed by atoms with Crippen molar-refractivity contribution in [2.24, 2.45) is 5.92 Å². The van der Waals surface area contributed by atoms with Crippen molar-refractivity contribution in [3.8, 4) is 22.5 Å². The van der Waals surface area contributed by atoms with Crippen LogP contribution in [0.2, 0.25) is 0 Å². The van der Waals surface area contributed by atoms with Crippen LogP contribution in [0.4, 0.5) is 0 Å². The van der Waals surface area contributed by atoms with Crippen LogP contribution in [0.3, 0.4) is 0 Å². The summed E-state index contributed by atoms with van der Waals surface area (Å²) in [6.07, 6.45) is 4.96. The van der Waals surface area contributed by atoms with Crippen LogP contribution in [-0.4, -0.2) is 9.13 Å². The Bertz CT molecular complexity index is 2420. The van der Waals surface area contributed by atoms with Crippen molar-refractivity contribution < 1.29 is 0 Å². The van der Waals surface area contributed by atoms with Gasteiger partial charge in [0.25, 0.3) is 0 Å². The van der Waals surface area contributed by atoms with Gasteiger partial charge in [-0.15, -0.1) is 0 Å². The summed E-state index contributed by atoms with van der Waals surface area (Å²) in [6.45, 7) is 2.35. The van der Waals surface area contributed by atoms with Gasteiger partial charge in [-0.3, -0.25) is 0 Å². The maximum atomic E-state index is 2.49. The van der Waals surface area contributed by atoms with E-state index < -0.39 is 0 Å². The highest BCUT2D eigenvalue weighted by atomic mass is 15.0. The van der Waals surface area contributed by atoms with Gasteiger partial charge >= 0.3 is 0 Å². The first kappa shape index (κ1) is 25.9. The molecule has 45 heavy (non-hydrogen) atoms. The largest absolute Gasteiger partial charge is 0.310 e. The van der Waals surface area contributed by atoms with Crippen LogP contribution in [0.5, 0.6) is 0 Å². The Kier molecular flexibility index (Phi) is 5.89. The molecule has 0 fully saturated rings. The Morgan fingerprint density at radius 3 is 1.53 bits per heavy atom. The Labute approximate surface area is 262 Å². The summed E-state index contributed by atoms with van der Waals surface area (Å²) in [4.78, 5) is 0. The maximum Gasteiger partial charge on any atom is 0.0541 e. The average Bonchev–Trinajstić information content (AvgIpc) is 3.61. The van der Waals surface area contributed by atoms with E-state index in [0.29, 0.717) is 11.8 Å². The summed E-state index contributed by atoms with van der Waals surface area (Å²) in [5.41, 5.74) is 9.92. The standard InChI is InChI=1S/C43H32N2/c1-29-27-39-37-15-7-10-18-42(37)45(33-11-3-2-4-12-33)43(39)28-38(29)32-21-19-30(20-22-32)31-23-25-34(26-24-31)44-40-16-8-5-13-35(40)36-14-6-9-17-41(36)44/h2-29,38H,1H3. The monoisotopic (exact) mass is 576 g/mol. The fourth-order valence-corrected chi connectivity index (χ4v) is 7.47. The van der Waals surface area contributed by atoms with E-state index in [2.05, 4.69) is 180 Å². The highest BCUT2D eigenvalue weighted by Gasteiger charge is 2.22. The van der Waals surface area contributed by atoms with Crippen molar-refractivity contribution in [2.45, 2.75) is 12.8 Å². The van der Waals surface area contributed by atoms with E-state index in [0.717, 1.165) is 0 Å². The third-order valence-electron chi connectivity index (χ3n) is 9.63. The van der Waals surface area contributed by atoms with Crippen molar-refractivity contribution in [2.75, 3.05) is 0 Å². The highest BCUT2D eigenvalue weighted by Crippen LogP contribution is 2.34. The van der Waals surface area contributed by atoms with E-state index in [-0.39, 0.29) is 0 Å². The van der Waals surface area contributed by atoms with Gasteiger partial charge in [-0.1, -0.05) is 128 Å². The molecule has 6 aromatic carbocycles. The summed E-state index contributed by atoms with van der Waals surface area (Å²) in [7, 11) is 0. The normalized spacial score (nSPS) is 16.0. The third kappa shape index (κ3) is 4.10. The lowest BCUT2D eigenvalue weighted by Crippen LogP contribution is -2.34. The fraction of sp³-hybridized carbons (Fsp3) is 0.0698. The molecule has 2 heterocycles. The molecular formula is C43H32N2. The molecule has 1 aliphatic rings. The molecule has 0 bridgehead atoms. The molecule has 0 saturated heterocycles. The summed E-state index contributed by atoms with van der Waals surface area (Å²) < 4.78 is 4.80. The first-order chi connectivity index (χ1) is 22.2. The number of hydrogen-bond donors (Lipinski definition) is 0. The van der Waals surface area contributed by atoms with E-state index in [4.69, 9.17) is 0 Å².